The Labute approximate surface area is 153 Å². The number of unbranched alkanes of at least 4 members (excludes halogenated alkanes) is 2. The van der Waals surface area contributed by atoms with Gasteiger partial charge in [0.1, 0.15) is 5.75 Å². The summed E-state index contributed by atoms with van der Waals surface area (Å²) in [5, 5.41) is 5.17. The Hall–Kier alpha value is -1.77. The van der Waals surface area contributed by atoms with Crippen LogP contribution in [0.1, 0.15) is 31.7 Å². The average molecular weight is 429 g/mol. The van der Waals surface area contributed by atoms with Gasteiger partial charge >= 0.3 is 0 Å². The van der Waals surface area contributed by atoms with Crippen LogP contribution in [0.5, 0.6) is 5.75 Å². The maximum absolute atomic E-state index is 5.75. The van der Waals surface area contributed by atoms with Crippen LogP contribution in [0.2, 0.25) is 0 Å². The molecule has 0 fully saturated rings. The van der Waals surface area contributed by atoms with Gasteiger partial charge in [0.05, 0.1) is 13.3 Å². The van der Waals surface area contributed by atoms with E-state index in [2.05, 4.69) is 27.4 Å². The Morgan fingerprint density at radius 1 is 1.39 bits per heavy atom. The number of hydrogen-bond donors (Lipinski definition) is 3. The summed E-state index contributed by atoms with van der Waals surface area (Å²) >= 11 is 0. The molecular weight excluding hydrogens is 405 g/mol. The molecule has 2 aromatic rings. The summed E-state index contributed by atoms with van der Waals surface area (Å²) in [5.41, 5.74) is 10.5. The topological polar surface area (TPSA) is 87.8 Å². The number of hydrazone groups is 1. The number of benzene rings is 1. The molecule has 0 aliphatic rings. The molecule has 0 amide bonds. The highest BCUT2D eigenvalue weighted by molar-refractivity contribution is 14.0. The van der Waals surface area contributed by atoms with Gasteiger partial charge in [-0.15, -0.1) is 24.0 Å². The Balaban J connectivity index is 0.00000264. The number of H-pyrrole nitrogens is 1. The van der Waals surface area contributed by atoms with Crippen molar-refractivity contribution in [2.24, 2.45) is 15.8 Å². The largest absolute Gasteiger partial charge is 0.497 e. The van der Waals surface area contributed by atoms with Gasteiger partial charge in [-0.25, -0.2) is 5.43 Å². The molecule has 0 radical (unpaired) electrons. The van der Waals surface area contributed by atoms with Gasteiger partial charge in [0, 0.05) is 29.2 Å². The van der Waals surface area contributed by atoms with Crippen molar-refractivity contribution in [3.8, 4) is 5.75 Å². The lowest BCUT2D eigenvalue weighted by Crippen LogP contribution is -2.27. The molecule has 0 saturated carbocycles. The van der Waals surface area contributed by atoms with Crippen molar-refractivity contribution in [2.45, 2.75) is 26.2 Å². The van der Waals surface area contributed by atoms with Crippen molar-refractivity contribution >= 4 is 47.1 Å². The molecule has 0 atom stereocenters. The maximum Gasteiger partial charge on any atom is 0.209 e. The lowest BCUT2D eigenvalue weighted by atomic mass is 10.2. The van der Waals surface area contributed by atoms with E-state index in [0.717, 1.165) is 41.6 Å². The van der Waals surface area contributed by atoms with Crippen molar-refractivity contribution in [2.75, 3.05) is 13.7 Å². The first-order valence-electron chi connectivity index (χ1n) is 7.48. The number of aliphatic imine (C=N–C) groups is 1. The summed E-state index contributed by atoms with van der Waals surface area (Å²) in [7, 11) is 1.65. The van der Waals surface area contributed by atoms with E-state index in [1.165, 1.54) is 6.42 Å². The van der Waals surface area contributed by atoms with Crippen LogP contribution in [0.4, 0.5) is 0 Å². The monoisotopic (exact) mass is 429 g/mol. The quantitative estimate of drug-likeness (QED) is 0.208. The molecule has 1 aromatic carbocycles. The number of guanidine groups is 1. The number of aromatic amines is 1. The minimum atomic E-state index is 0. The Morgan fingerprint density at radius 3 is 2.96 bits per heavy atom. The summed E-state index contributed by atoms with van der Waals surface area (Å²) < 4.78 is 5.24. The van der Waals surface area contributed by atoms with E-state index in [0.29, 0.717) is 5.96 Å². The van der Waals surface area contributed by atoms with Crippen molar-refractivity contribution in [1.29, 1.82) is 0 Å². The molecule has 0 unspecified atom stereocenters. The number of rotatable bonds is 7. The molecular formula is C16H24IN5O. The minimum Gasteiger partial charge on any atom is -0.497 e. The van der Waals surface area contributed by atoms with Gasteiger partial charge < -0.3 is 15.5 Å². The Bertz CT molecular complexity index is 666. The highest BCUT2D eigenvalue weighted by Gasteiger charge is 2.03. The number of hydrogen-bond acceptors (Lipinski definition) is 3. The predicted octanol–water partition coefficient (Wildman–Crippen LogP) is 3.22. The SMILES string of the molecule is CCCCCN=C(N)N/N=C\c1c[nH]c2ccc(OC)cc12.I. The second kappa shape index (κ2) is 10.1. The zero-order valence-electron chi connectivity index (χ0n) is 13.5. The summed E-state index contributed by atoms with van der Waals surface area (Å²) in [6, 6.07) is 5.86. The van der Waals surface area contributed by atoms with Crippen LogP contribution >= 0.6 is 24.0 Å². The van der Waals surface area contributed by atoms with Gasteiger partial charge in [-0.3, -0.25) is 4.99 Å². The average Bonchev–Trinajstić information content (AvgIpc) is 2.94. The first-order chi connectivity index (χ1) is 10.7. The summed E-state index contributed by atoms with van der Waals surface area (Å²) in [6.07, 6.45) is 6.99. The molecule has 2 rings (SSSR count). The van der Waals surface area contributed by atoms with Gasteiger partial charge in [0.15, 0.2) is 0 Å². The van der Waals surface area contributed by atoms with Crippen molar-refractivity contribution in [1.82, 2.24) is 10.4 Å². The smallest absolute Gasteiger partial charge is 0.209 e. The van der Waals surface area contributed by atoms with Crippen LogP contribution in [-0.4, -0.2) is 30.8 Å². The van der Waals surface area contributed by atoms with Gasteiger partial charge in [-0.2, -0.15) is 5.10 Å². The van der Waals surface area contributed by atoms with E-state index in [4.69, 9.17) is 10.5 Å². The fourth-order valence-electron chi connectivity index (χ4n) is 2.12. The third-order valence-corrected chi connectivity index (χ3v) is 3.35. The third kappa shape index (κ3) is 5.74. The summed E-state index contributed by atoms with van der Waals surface area (Å²) in [4.78, 5) is 7.40. The van der Waals surface area contributed by atoms with Crippen LogP contribution in [-0.2, 0) is 0 Å². The molecule has 7 heteroatoms. The fraction of sp³-hybridized carbons (Fsp3) is 0.375. The zero-order chi connectivity index (χ0) is 15.8. The Morgan fingerprint density at radius 2 is 2.22 bits per heavy atom. The lowest BCUT2D eigenvalue weighted by molar-refractivity contribution is 0.415. The number of nitrogens with two attached hydrogens (primary N) is 1. The molecule has 1 aromatic heterocycles. The Kier molecular flexibility index (Phi) is 8.46. The molecule has 4 N–H and O–H groups in total. The number of nitrogens with one attached hydrogen (secondary N) is 2. The van der Waals surface area contributed by atoms with Crippen LogP contribution in [0.15, 0.2) is 34.5 Å². The van der Waals surface area contributed by atoms with E-state index in [1.54, 1.807) is 13.3 Å². The van der Waals surface area contributed by atoms with Gasteiger partial charge in [0.2, 0.25) is 5.96 Å². The van der Waals surface area contributed by atoms with Crippen LogP contribution in [0.25, 0.3) is 10.9 Å². The first kappa shape index (κ1) is 19.3. The lowest BCUT2D eigenvalue weighted by Gasteiger charge is -2.00. The van der Waals surface area contributed by atoms with Gasteiger partial charge in [-0.05, 0) is 24.6 Å². The third-order valence-electron chi connectivity index (χ3n) is 3.35. The van der Waals surface area contributed by atoms with Crippen LogP contribution in [0, 0.1) is 0 Å². The van der Waals surface area contributed by atoms with E-state index >= 15 is 0 Å². The summed E-state index contributed by atoms with van der Waals surface area (Å²) in [6.45, 7) is 2.89. The molecule has 0 spiro atoms. The number of ether oxygens (including phenoxy) is 1. The number of aromatic nitrogens is 1. The zero-order valence-corrected chi connectivity index (χ0v) is 15.8. The second-order valence-electron chi connectivity index (χ2n) is 5.00. The molecule has 0 aliphatic carbocycles. The van der Waals surface area contributed by atoms with Gasteiger partial charge in [-0.1, -0.05) is 19.8 Å². The maximum atomic E-state index is 5.75. The van der Waals surface area contributed by atoms with Crippen LogP contribution in [0.3, 0.4) is 0 Å². The van der Waals surface area contributed by atoms with Crippen molar-refractivity contribution in [3.05, 3.63) is 30.0 Å². The molecule has 0 saturated heterocycles. The summed E-state index contributed by atoms with van der Waals surface area (Å²) in [5.74, 6) is 1.15. The number of fused-ring (bicyclic) bond motifs is 1. The number of methoxy groups -OCH3 is 1. The predicted molar refractivity (Wildman–Crippen MR) is 107 cm³/mol. The molecule has 6 nitrogen and oxygen atoms in total. The highest BCUT2D eigenvalue weighted by Crippen LogP contribution is 2.22. The van der Waals surface area contributed by atoms with Crippen molar-refractivity contribution in [3.63, 3.8) is 0 Å². The molecule has 0 bridgehead atoms. The number of halogens is 1. The second-order valence-corrected chi connectivity index (χ2v) is 5.00. The van der Waals surface area contributed by atoms with Crippen molar-refractivity contribution < 1.29 is 4.74 Å². The first-order valence-corrected chi connectivity index (χ1v) is 7.48. The molecule has 126 valence electrons. The fourth-order valence-corrected chi connectivity index (χ4v) is 2.12. The highest BCUT2D eigenvalue weighted by atomic mass is 127. The van der Waals surface area contributed by atoms with Gasteiger partial charge in [0.25, 0.3) is 0 Å². The molecule has 0 aliphatic heterocycles. The van der Waals surface area contributed by atoms with E-state index in [-0.39, 0.29) is 24.0 Å². The van der Waals surface area contributed by atoms with E-state index in [9.17, 15) is 0 Å². The molecule has 1 heterocycles. The normalized spacial score (nSPS) is 11.7. The van der Waals surface area contributed by atoms with E-state index < -0.39 is 0 Å². The van der Waals surface area contributed by atoms with Crippen LogP contribution < -0.4 is 15.9 Å². The molecule has 23 heavy (non-hydrogen) atoms. The minimum absolute atomic E-state index is 0. The standard InChI is InChI=1S/C16H23N5O.HI/c1-3-4-5-8-18-16(17)21-20-11-12-10-19-15-7-6-13(22-2)9-14(12)15;/h6-7,9-11,19H,3-5,8H2,1-2H3,(H3,17,18,21);1H/b20-11-;. The number of nitrogens with zero attached hydrogens (tertiary/aromatic N) is 2. The van der Waals surface area contributed by atoms with E-state index in [1.807, 2.05) is 24.4 Å².